The quantitative estimate of drug-likeness (QED) is 0.665. The number of benzene rings is 2. The predicted octanol–water partition coefficient (Wildman–Crippen LogP) is 2.17. The summed E-state index contributed by atoms with van der Waals surface area (Å²) in [5.41, 5.74) is 2.54. The maximum Gasteiger partial charge on any atom is 0.244 e. The molecule has 2 aliphatic heterocycles. The smallest absolute Gasteiger partial charge is 0.244 e. The van der Waals surface area contributed by atoms with Crippen LogP contribution < -0.4 is 4.90 Å². The van der Waals surface area contributed by atoms with Crippen LogP contribution in [0.15, 0.2) is 53.4 Å². The number of hydrogen-bond acceptors (Lipinski definition) is 5. The zero-order valence-corrected chi connectivity index (χ0v) is 18.6. The molecule has 1 amide bonds. The first-order valence-electron chi connectivity index (χ1n) is 10.5. The number of sulfonamides is 1. The van der Waals surface area contributed by atoms with Crippen molar-refractivity contribution in [3.05, 3.63) is 59.7 Å². The Morgan fingerprint density at radius 2 is 1.65 bits per heavy atom. The first-order valence-corrected chi connectivity index (χ1v) is 12.0. The molecular weight excluding hydrogens is 414 g/mol. The summed E-state index contributed by atoms with van der Waals surface area (Å²) in [5, 5.41) is 0. The molecule has 8 heteroatoms. The molecule has 0 aromatic heterocycles. The summed E-state index contributed by atoms with van der Waals surface area (Å²) in [5.74, 6) is -0.117. The predicted molar refractivity (Wildman–Crippen MR) is 119 cm³/mol. The Morgan fingerprint density at radius 1 is 0.935 bits per heavy atom. The molecule has 0 unspecified atom stereocenters. The standard InChI is InChI=1S/C23H27N3O4S/c1-17(23(28)26-11-10-19-6-3-4-9-22(19)26)24-12-14-25(15-13-24)31(29,30)21-8-5-7-20(16-21)18(2)27/h3-9,16-17H,10-15H2,1-2H3/t17-/m1/s1. The van der Waals surface area contributed by atoms with Gasteiger partial charge in [0.05, 0.1) is 10.9 Å². The molecule has 0 spiro atoms. The number of piperazine rings is 1. The van der Waals surface area contributed by atoms with Gasteiger partial charge in [0, 0.05) is 44.0 Å². The van der Waals surface area contributed by atoms with Gasteiger partial charge in [0.1, 0.15) is 0 Å². The molecular formula is C23H27N3O4S. The van der Waals surface area contributed by atoms with Crippen molar-refractivity contribution < 1.29 is 18.0 Å². The summed E-state index contributed by atoms with van der Waals surface area (Å²) >= 11 is 0. The van der Waals surface area contributed by atoms with E-state index in [4.69, 9.17) is 0 Å². The third kappa shape index (κ3) is 4.15. The highest BCUT2D eigenvalue weighted by molar-refractivity contribution is 7.89. The van der Waals surface area contributed by atoms with E-state index < -0.39 is 10.0 Å². The lowest BCUT2D eigenvalue weighted by atomic mass is 10.1. The first-order chi connectivity index (χ1) is 14.8. The van der Waals surface area contributed by atoms with E-state index >= 15 is 0 Å². The van der Waals surface area contributed by atoms with Crippen LogP contribution in [0.4, 0.5) is 5.69 Å². The highest BCUT2D eigenvalue weighted by Gasteiger charge is 2.35. The molecule has 0 aliphatic carbocycles. The molecule has 0 N–H and O–H groups in total. The molecule has 0 bridgehead atoms. The van der Waals surface area contributed by atoms with Gasteiger partial charge in [0.2, 0.25) is 15.9 Å². The topological polar surface area (TPSA) is 78.0 Å². The van der Waals surface area contributed by atoms with Gasteiger partial charge >= 0.3 is 0 Å². The Labute approximate surface area is 183 Å². The number of anilines is 1. The van der Waals surface area contributed by atoms with Crippen LogP contribution in [-0.2, 0) is 21.2 Å². The van der Waals surface area contributed by atoms with Crippen LogP contribution in [0.1, 0.15) is 29.8 Å². The summed E-state index contributed by atoms with van der Waals surface area (Å²) in [6.07, 6.45) is 0.861. The van der Waals surface area contributed by atoms with Gasteiger partial charge in [-0.15, -0.1) is 0 Å². The molecule has 0 radical (unpaired) electrons. The molecule has 1 fully saturated rings. The maximum atomic E-state index is 13.1. The van der Waals surface area contributed by atoms with Crippen molar-refractivity contribution in [3.63, 3.8) is 0 Å². The van der Waals surface area contributed by atoms with Crippen LogP contribution in [0.3, 0.4) is 0 Å². The third-order valence-corrected chi connectivity index (χ3v) is 8.10. The number of para-hydroxylation sites is 1. The largest absolute Gasteiger partial charge is 0.310 e. The fourth-order valence-electron chi connectivity index (χ4n) is 4.30. The average molecular weight is 442 g/mol. The zero-order chi connectivity index (χ0) is 22.2. The molecule has 2 aliphatic rings. The number of fused-ring (bicyclic) bond motifs is 1. The number of carbonyl (C=O) groups excluding carboxylic acids is 2. The Kier molecular flexibility index (Phi) is 5.96. The number of ketones is 1. The molecule has 7 nitrogen and oxygen atoms in total. The van der Waals surface area contributed by atoms with Crippen LogP contribution >= 0.6 is 0 Å². The number of rotatable bonds is 5. The van der Waals surface area contributed by atoms with Crippen molar-refractivity contribution in [2.45, 2.75) is 31.2 Å². The first kappa shape index (κ1) is 21.7. The lowest BCUT2D eigenvalue weighted by Gasteiger charge is -2.38. The minimum Gasteiger partial charge on any atom is -0.310 e. The van der Waals surface area contributed by atoms with Crippen LogP contribution in [-0.4, -0.2) is 68.1 Å². The van der Waals surface area contributed by atoms with Gasteiger partial charge in [-0.25, -0.2) is 8.42 Å². The molecule has 164 valence electrons. The summed E-state index contributed by atoms with van der Waals surface area (Å²) in [7, 11) is -3.68. The summed E-state index contributed by atoms with van der Waals surface area (Å²) in [6.45, 7) is 5.57. The van der Waals surface area contributed by atoms with E-state index in [-0.39, 0.29) is 22.6 Å². The summed E-state index contributed by atoms with van der Waals surface area (Å²) < 4.78 is 27.5. The van der Waals surface area contributed by atoms with Crippen LogP contribution in [0.2, 0.25) is 0 Å². The van der Waals surface area contributed by atoms with Gasteiger partial charge < -0.3 is 4.90 Å². The number of hydrogen-bond donors (Lipinski definition) is 0. The lowest BCUT2D eigenvalue weighted by Crippen LogP contribution is -2.55. The van der Waals surface area contributed by atoms with Crippen molar-refractivity contribution in [2.24, 2.45) is 0 Å². The Hall–Kier alpha value is -2.55. The van der Waals surface area contributed by atoms with Crippen molar-refractivity contribution >= 4 is 27.4 Å². The Balaban J connectivity index is 1.42. The number of carbonyl (C=O) groups is 2. The molecule has 1 saturated heterocycles. The molecule has 2 aromatic rings. The van der Waals surface area contributed by atoms with E-state index in [0.29, 0.717) is 38.3 Å². The van der Waals surface area contributed by atoms with Gasteiger partial charge in [0.15, 0.2) is 5.78 Å². The molecule has 31 heavy (non-hydrogen) atoms. The van der Waals surface area contributed by atoms with Gasteiger partial charge in [-0.3, -0.25) is 14.5 Å². The van der Waals surface area contributed by atoms with Gasteiger partial charge in [-0.05, 0) is 44.0 Å². The van der Waals surface area contributed by atoms with Crippen molar-refractivity contribution in [3.8, 4) is 0 Å². The molecule has 0 saturated carbocycles. The monoisotopic (exact) mass is 441 g/mol. The minimum absolute atomic E-state index is 0.0513. The lowest BCUT2D eigenvalue weighted by molar-refractivity contribution is -0.123. The highest BCUT2D eigenvalue weighted by atomic mass is 32.2. The van der Waals surface area contributed by atoms with E-state index in [1.54, 1.807) is 12.1 Å². The highest BCUT2D eigenvalue weighted by Crippen LogP contribution is 2.29. The normalized spacial score (nSPS) is 18.6. The van der Waals surface area contributed by atoms with E-state index in [0.717, 1.165) is 12.1 Å². The number of Topliss-reactive ketones (excluding diaryl/α,β-unsaturated/α-hetero) is 1. The SMILES string of the molecule is CC(=O)c1cccc(S(=O)(=O)N2CCN([C@H](C)C(=O)N3CCc4ccccc43)CC2)c1. The number of amides is 1. The molecule has 4 rings (SSSR count). The number of nitrogens with zero attached hydrogens (tertiary/aromatic N) is 3. The minimum atomic E-state index is -3.68. The van der Waals surface area contributed by atoms with Gasteiger partial charge in [-0.2, -0.15) is 4.31 Å². The summed E-state index contributed by atoms with van der Waals surface area (Å²) in [6, 6.07) is 13.8. The van der Waals surface area contributed by atoms with E-state index in [2.05, 4.69) is 6.07 Å². The van der Waals surface area contributed by atoms with Crippen LogP contribution in [0.5, 0.6) is 0 Å². The van der Waals surface area contributed by atoms with Gasteiger partial charge in [-0.1, -0.05) is 30.3 Å². The van der Waals surface area contributed by atoms with Crippen LogP contribution in [0.25, 0.3) is 0 Å². The molecule has 2 heterocycles. The zero-order valence-electron chi connectivity index (χ0n) is 17.8. The summed E-state index contributed by atoms with van der Waals surface area (Å²) in [4.78, 5) is 28.8. The van der Waals surface area contributed by atoms with E-state index in [1.165, 1.54) is 28.9 Å². The fraction of sp³-hybridized carbons (Fsp3) is 0.391. The second-order valence-corrected chi connectivity index (χ2v) is 10.0. The van der Waals surface area contributed by atoms with Crippen LogP contribution in [0, 0.1) is 0 Å². The molecule has 2 aromatic carbocycles. The average Bonchev–Trinajstić information content (AvgIpc) is 3.22. The van der Waals surface area contributed by atoms with Gasteiger partial charge in [0.25, 0.3) is 0 Å². The third-order valence-electron chi connectivity index (χ3n) is 6.21. The Bertz CT molecular complexity index is 1110. The molecule has 1 atom stereocenters. The Morgan fingerprint density at radius 3 is 2.35 bits per heavy atom. The van der Waals surface area contributed by atoms with Crippen molar-refractivity contribution in [1.82, 2.24) is 9.21 Å². The van der Waals surface area contributed by atoms with E-state index in [1.807, 2.05) is 34.9 Å². The maximum absolute atomic E-state index is 13.1. The fourth-order valence-corrected chi connectivity index (χ4v) is 5.77. The second-order valence-electron chi connectivity index (χ2n) is 8.07. The second kappa shape index (κ2) is 8.53. The van der Waals surface area contributed by atoms with E-state index in [9.17, 15) is 18.0 Å². The van der Waals surface area contributed by atoms with Crippen molar-refractivity contribution in [2.75, 3.05) is 37.6 Å². The van der Waals surface area contributed by atoms with Crippen molar-refractivity contribution in [1.29, 1.82) is 0 Å².